The summed E-state index contributed by atoms with van der Waals surface area (Å²) in [6, 6.07) is 20.5. The summed E-state index contributed by atoms with van der Waals surface area (Å²) in [4.78, 5) is 12.7. The summed E-state index contributed by atoms with van der Waals surface area (Å²) in [7, 11) is 0. The predicted molar refractivity (Wildman–Crippen MR) is 110 cm³/mol. The molecule has 0 unspecified atom stereocenters. The molecule has 0 saturated carbocycles. The molecule has 1 heterocycles. The van der Waals surface area contributed by atoms with Crippen molar-refractivity contribution in [2.45, 2.75) is 30.8 Å². The van der Waals surface area contributed by atoms with Gasteiger partial charge in [-0.1, -0.05) is 42.5 Å². The van der Waals surface area contributed by atoms with Crippen LogP contribution in [-0.4, -0.2) is 46.1 Å². The number of anilines is 1. The summed E-state index contributed by atoms with van der Waals surface area (Å²) in [5.74, 6) is -0.272. The molecular weight excluding hydrogens is 370 g/mol. The van der Waals surface area contributed by atoms with Crippen molar-refractivity contribution < 1.29 is 24.9 Å². The van der Waals surface area contributed by atoms with Crippen LogP contribution in [0.3, 0.4) is 0 Å². The Morgan fingerprint density at radius 3 is 2.55 bits per heavy atom. The summed E-state index contributed by atoms with van der Waals surface area (Å²) in [6.07, 6.45) is -3.23. The van der Waals surface area contributed by atoms with Crippen LogP contribution < -0.4 is 5.32 Å². The molecule has 6 nitrogen and oxygen atoms in total. The van der Waals surface area contributed by atoms with Crippen molar-refractivity contribution in [2.24, 2.45) is 0 Å². The van der Waals surface area contributed by atoms with Gasteiger partial charge in [-0.25, -0.2) is 0 Å². The molecular formula is C23H23NO5. The zero-order valence-electron chi connectivity index (χ0n) is 15.7. The van der Waals surface area contributed by atoms with Gasteiger partial charge in [-0.2, -0.15) is 0 Å². The molecule has 0 spiro atoms. The van der Waals surface area contributed by atoms with Crippen LogP contribution in [0.5, 0.6) is 0 Å². The molecule has 0 bridgehead atoms. The minimum absolute atomic E-state index is 0.101. The highest BCUT2D eigenvalue weighted by Gasteiger charge is 2.36. The molecule has 4 rings (SSSR count). The van der Waals surface area contributed by atoms with Gasteiger partial charge in [-0.15, -0.1) is 0 Å². The fourth-order valence-electron chi connectivity index (χ4n) is 3.69. The first-order chi connectivity index (χ1) is 14.0. The molecule has 4 N–H and O–H groups in total. The normalized spacial score (nSPS) is 24.4. The smallest absolute Gasteiger partial charge is 0.255 e. The van der Waals surface area contributed by atoms with Crippen molar-refractivity contribution in [2.75, 3.05) is 11.9 Å². The van der Waals surface area contributed by atoms with Crippen LogP contribution in [0.15, 0.2) is 66.7 Å². The predicted octanol–water partition coefficient (Wildman–Crippen LogP) is 2.64. The summed E-state index contributed by atoms with van der Waals surface area (Å²) < 4.78 is 5.67. The topological polar surface area (TPSA) is 99.0 Å². The van der Waals surface area contributed by atoms with E-state index < -0.39 is 24.4 Å². The van der Waals surface area contributed by atoms with Gasteiger partial charge < -0.3 is 25.4 Å². The van der Waals surface area contributed by atoms with Crippen molar-refractivity contribution in [3.63, 3.8) is 0 Å². The van der Waals surface area contributed by atoms with Crippen molar-refractivity contribution in [1.29, 1.82) is 0 Å². The summed E-state index contributed by atoms with van der Waals surface area (Å²) >= 11 is 0. The average Bonchev–Trinajstić information content (AvgIpc) is 2.74. The molecule has 0 aliphatic carbocycles. The molecule has 1 amide bonds. The van der Waals surface area contributed by atoms with Crippen molar-refractivity contribution in [3.05, 3.63) is 77.9 Å². The Morgan fingerprint density at radius 2 is 1.76 bits per heavy atom. The molecule has 1 saturated heterocycles. The lowest BCUT2D eigenvalue weighted by molar-refractivity contribution is -0.181. The zero-order chi connectivity index (χ0) is 20.4. The Hall–Kier alpha value is -2.77. The van der Waals surface area contributed by atoms with E-state index in [4.69, 9.17) is 4.74 Å². The first kappa shape index (κ1) is 19.5. The number of hydrogen-bond acceptors (Lipinski definition) is 5. The van der Waals surface area contributed by atoms with Gasteiger partial charge in [0, 0.05) is 17.7 Å². The quantitative estimate of drug-likeness (QED) is 0.546. The molecule has 0 aromatic heterocycles. The maximum absolute atomic E-state index is 12.7. The standard InChI is InChI=1S/C23H23NO5/c25-13-21-19(26)12-20(27)22(29-21)16-6-3-7-17(10-16)23(28)24-18-9-8-14-4-1-2-5-15(14)11-18/h1-11,19-22,25-27H,12-13H2,(H,24,28)/t19-,20-,21+,22+/m0/s1. The first-order valence-corrected chi connectivity index (χ1v) is 9.57. The molecule has 1 fully saturated rings. The molecule has 3 aromatic rings. The minimum atomic E-state index is -0.925. The van der Waals surface area contributed by atoms with Gasteiger partial charge in [-0.05, 0) is 40.6 Å². The second-order valence-electron chi connectivity index (χ2n) is 7.29. The average molecular weight is 393 g/mol. The van der Waals surface area contributed by atoms with E-state index >= 15 is 0 Å². The summed E-state index contributed by atoms with van der Waals surface area (Å²) in [5, 5.41) is 34.6. The molecule has 1 aliphatic heterocycles. The lowest BCUT2D eigenvalue weighted by Crippen LogP contribution is -2.44. The number of hydrogen-bond donors (Lipinski definition) is 4. The fourth-order valence-corrected chi connectivity index (χ4v) is 3.69. The maximum Gasteiger partial charge on any atom is 0.255 e. The fraction of sp³-hybridized carbons (Fsp3) is 0.261. The van der Waals surface area contributed by atoms with Gasteiger partial charge in [0.2, 0.25) is 0 Å². The molecule has 0 radical (unpaired) electrons. The van der Waals surface area contributed by atoms with Crippen LogP contribution in [0.2, 0.25) is 0 Å². The first-order valence-electron chi connectivity index (χ1n) is 9.57. The van der Waals surface area contributed by atoms with Crippen LogP contribution in [0.25, 0.3) is 10.8 Å². The number of ether oxygens (including phenoxy) is 1. The summed E-state index contributed by atoms with van der Waals surface area (Å²) in [6.45, 7) is -0.341. The number of aliphatic hydroxyl groups is 3. The van der Waals surface area contributed by atoms with E-state index in [2.05, 4.69) is 5.32 Å². The Kier molecular flexibility index (Phi) is 5.60. The van der Waals surface area contributed by atoms with Crippen LogP contribution in [0.1, 0.15) is 28.4 Å². The van der Waals surface area contributed by atoms with E-state index in [0.29, 0.717) is 16.8 Å². The third-order valence-corrected chi connectivity index (χ3v) is 5.25. The van der Waals surface area contributed by atoms with Crippen LogP contribution >= 0.6 is 0 Å². The number of carbonyl (C=O) groups excluding carboxylic acids is 1. The molecule has 6 heteroatoms. The Bertz CT molecular complexity index is 1020. The largest absolute Gasteiger partial charge is 0.394 e. The zero-order valence-corrected chi connectivity index (χ0v) is 15.7. The number of aliphatic hydroxyl groups excluding tert-OH is 3. The second kappa shape index (κ2) is 8.31. The lowest BCUT2D eigenvalue weighted by Gasteiger charge is -2.36. The van der Waals surface area contributed by atoms with E-state index in [1.165, 1.54) is 0 Å². The third kappa shape index (κ3) is 4.16. The Labute approximate surface area is 168 Å². The molecule has 3 aromatic carbocycles. The Balaban J connectivity index is 1.53. The molecule has 150 valence electrons. The number of nitrogens with one attached hydrogen (secondary N) is 1. The van der Waals surface area contributed by atoms with Crippen molar-refractivity contribution in [3.8, 4) is 0 Å². The van der Waals surface area contributed by atoms with E-state index in [1.807, 2.05) is 42.5 Å². The van der Waals surface area contributed by atoms with Crippen LogP contribution in [0.4, 0.5) is 5.69 Å². The highest BCUT2D eigenvalue weighted by molar-refractivity contribution is 6.05. The molecule has 1 aliphatic rings. The SMILES string of the molecule is O=C(Nc1ccc2ccccc2c1)c1cccc([C@H]2O[C@H](CO)[C@@H](O)C[C@@H]2O)c1. The van der Waals surface area contributed by atoms with Gasteiger partial charge in [0.1, 0.15) is 12.2 Å². The van der Waals surface area contributed by atoms with Gasteiger partial charge >= 0.3 is 0 Å². The van der Waals surface area contributed by atoms with E-state index in [1.54, 1.807) is 24.3 Å². The van der Waals surface area contributed by atoms with Crippen molar-refractivity contribution >= 4 is 22.4 Å². The van der Waals surface area contributed by atoms with Gasteiger partial charge in [0.25, 0.3) is 5.91 Å². The number of amides is 1. The van der Waals surface area contributed by atoms with E-state index in [-0.39, 0.29) is 18.9 Å². The van der Waals surface area contributed by atoms with Gasteiger partial charge in [0.05, 0.1) is 18.8 Å². The number of fused-ring (bicyclic) bond motifs is 1. The number of benzene rings is 3. The number of rotatable bonds is 4. The van der Waals surface area contributed by atoms with Gasteiger partial charge in [0.15, 0.2) is 0 Å². The second-order valence-corrected chi connectivity index (χ2v) is 7.29. The minimum Gasteiger partial charge on any atom is -0.394 e. The third-order valence-electron chi connectivity index (χ3n) is 5.25. The molecule has 29 heavy (non-hydrogen) atoms. The van der Waals surface area contributed by atoms with Crippen molar-refractivity contribution in [1.82, 2.24) is 0 Å². The van der Waals surface area contributed by atoms with Crippen LogP contribution in [0, 0.1) is 0 Å². The molecule has 4 atom stereocenters. The maximum atomic E-state index is 12.7. The monoisotopic (exact) mass is 393 g/mol. The Morgan fingerprint density at radius 1 is 0.966 bits per heavy atom. The highest BCUT2D eigenvalue weighted by Crippen LogP contribution is 2.32. The highest BCUT2D eigenvalue weighted by atomic mass is 16.5. The summed E-state index contributed by atoms with van der Waals surface area (Å²) in [5.41, 5.74) is 1.74. The van der Waals surface area contributed by atoms with E-state index in [0.717, 1.165) is 10.8 Å². The lowest BCUT2D eigenvalue weighted by atomic mass is 9.93. The van der Waals surface area contributed by atoms with E-state index in [9.17, 15) is 20.1 Å². The van der Waals surface area contributed by atoms with Gasteiger partial charge in [-0.3, -0.25) is 4.79 Å². The number of carbonyl (C=O) groups is 1. The van der Waals surface area contributed by atoms with Crippen LogP contribution in [-0.2, 0) is 4.74 Å².